The molecule has 0 saturated carbocycles. The number of aryl methyl sites for hydroxylation is 1. The number of carbonyl (C=O) groups is 1. The molecule has 1 aliphatic rings. The fourth-order valence-electron chi connectivity index (χ4n) is 2.00. The molecule has 4 heteroatoms. The van der Waals surface area contributed by atoms with E-state index in [2.05, 4.69) is 4.98 Å². The van der Waals surface area contributed by atoms with E-state index in [0.29, 0.717) is 5.69 Å². The third-order valence-corrected chi connectivity index (χ3v) is 2.93. The standard InChI is InChI=1S/C11H17N3O/c1-13-9-12-8-10(13)11(15)14-6-4-2-3-5-7-14/h8-9H,2-7H2,1H3. The van der Waals surface area contributed by atoms with Crippen molar-refractivity contribution in [3.8, 4) is 0 Å². The first-order valence-electron chi connectivity index (χ1n) is 5.54. The summed E-state index contributed by atoms with van der Waals surface area (Å²) in [5.74, 6) is 0.122. The van der Waals surface area contributed by atoms with Gasteiger partial charge in [0.05, 0.1) is 12.5 Å². The van der Waals surface area contributed by atoms with Gasteiger partial charge in [-0.2, -0.15) is 0 Å². The normalized spacial score (nSPS) is 17.5. The molecule has 82 valence electrons. The molecule has 1 amide bonds. The van der Waals surface area contributed by atoms with Crippen molar-refractivity contribution < 1.29 is 4.79 Å². The molecule has 0 N–H and O–H groups in total. The maximum absolute atomic E-state index is 12.1. The zero-order chi connectivity index (χ0) is 10.7. The fourth-order valence-corrected chi connectivity index (χ4v) is 2.00. The molecule has 1 aromatic rings. The van der Waals surface area contributed by atoms with Crippen LogP contribution in [0.3, 0.4) is 0 Å². The quantitative estimate of drug-likeness (QED) is 0.698. The SMILES string of the molecule is Cn1cncc1C(=O)N1CCCCCC1. The molecule has 4 nitrogen and oxygen atoms in total. The van der Waals surface area contributed by atoms with Gasteiger partial charge >= 0.3 is 0 Å². The molecule has 1 aromatic heterocycles. The Labute approximate surface area is 89.9 Å². The Kier molecular flexibility index (Phi) is 3.04. The molecule has 0 aliphatic carbocycles. The molecule has 1 saturated heterocycles. The minimum Gasteiger partial charge on any atom is -0.337 e. The maximum atomic E-state index is 12.1. The van der Waals surface area contributed by atoms with Crippen LogP contribution in [-0.4, -0.2) is 33.4 Å². The highest BCUT2D eigenvalue weighted by molar-refractivity contribution is 5.92. The minimum absolute atomic E-state index is 0.122. The van der Waals surface area contributed by atoms with E-state index in [1.807, 2.05) is 11.9 Å². The monoisotopic (exact) mass is 207 g/mol. The van der Waals surface area contributed by atoms with E-state index < -0.39 is 0 Å². The lowest BCUT2D eigenvalue weighted by atomic mass is 10.2. The van der Waals surface area contributed by atoms with E-state index in [0.717, 1.165) is 25.9 Å². The zero-order valence-electron chi connectivity index (χ0n) is 9.15. The molecule has 0 bridgehead atoms. The minimum atomic E-state index is 0.122. The third-order valence-electron chi connectivity index (χ3n) is 2.93. The van der Waals surface area contributed by atoms with Crippen LogP contribution in [0.2, 0.25) is 0 Å². The number of rotatable bonds is 1. The van der Waals surface area contributed by atoms with Crippen LogP contribution in [-0.2, 0) is 7.05 Å². The number of likely N-dealkylation sites (tertiary alicyclic amines) is 1. The van der Waals surface area contributed by atoms with Crippen molar-refractivity contribution in [1.29, 1.82) is 0 Å². The van der Waals surface area contributed by atoms with Crippen molar-refractivity contribution in [2.75, 3.05) is 13.1 Å². The van der Waals surface area contributed by atoms with E-state index in [1.165, 1.54) is 12.8 Å². The molecule has 0 atom stereocenters. The van der Waals surface area contributed by atoms with Crippen LogP contribution in [0.1, 0.15) is 36.2 Å². The van der Waals surface area contributed by atoms with Crippen LogP contribution in [0, 0.1) is 0 Å². The fraction of sp³-hybridized carbons (Fsp3) is 0.636. The average Bonchev–Trinajstić information content (AvgIpc) is 2.53. The molecule has 1 fully saturated rings. The van der Waals surface area contributed by atoms with Gasteiger partial charge in [-0.3, -0.25) is 4.79 Å². The largest absolute Gasteiger partial charge is 0.337 e. The predicted molar refractivity (Wildman–Crippen MR) is 57.6 cm³/mol. The summed E-state index contributed by atoms with van der Waals surface area (Å²) in [4.78, 5) is 18.0. The van der Waals surface area contributed by atoms with Crippen LogP contribution in [0.5, 0.6) is 0 Å². The van der Waals surface area contributed by atoms with Gasteiger partial charge in [-0.05, 0) is 12.8 Å². The molecule has 0 unspecified atom stereocenters. The first kappa shape index (κ1) is 10.2. The lowest BCUT2D eigenvalue weighted by molar-refractivity contribution is 0.0752. The average molecular weight is 207 g/mol. The number of hydrogen-bond donors (Lipinski definition) is 0. The van der Waals surface area contributed by atoms with Gasteiger partial charge < -0.3 is 9.47 Å². The Hall–Kier alpha value is -1.32. The lowest BCUT2D eigenvalue weighted by Crippen LogP contribution is -2.32. The van der Waals surface area contributed by atoms with Crippen molar-refractivity contribution in [3.63, 3.8) is 0 Å². The Morgan fingerprint density at radius 3 is 2.47 bits per heavy atom. The van der Waals surface area contributed by atoms with Crippen molar-refractivity contribution >= 4 is 5.91 Å². The Balaban J connectivity index is 2.09. The second-order valence-corrected chi connectivity index (χ2v) is 4.10. The molecule has 15 heavy (non-hydrogen) atoms. The zero-order valence-corrected chi connectivity index (χ0v) is 9.15. The molecular formula is C11H17N3O. The highest BCUT2D eigenvalue weighted by atomic mass is 16.2. The summed E-state index contributed by atoms with van der Waals surface area (Å²) in [6.45, 7) is 1.79. The topological polar surface area (TPSA) is 38.1 Å². The van der Waals surface area contributed by atoms with Gasteiger partial charge in [0, 0.05) is 20.1 Å². The van der Waals surface area contributed by atoms with Gasteiger partial charge in [0.25, 0.3) is 5.91 Å². The van der Waals surface area contributed by atoms with E-state index in [1.54, 1.807) is 17.1 Å². The molecule has 0 aromatic carbocycles. The van der Waals surface area contributed by atoms with Gasteiger partial charge in [0.15, 0.2) is 0 Å². The molecule has 0 radical (unpaired) electrons. The highest BCUT2D eigenvalue weighted by Crippen LogP contribution is 2.12. The van der Waals surface area contributed by atoms with Crippen molar-refractivity contribution in [1.82, 2.24) is 14.5 Å². The van der Waals surface area contributed by atoms with Gasteiger partial charge in [-0.15, -0.1) is 0 Å². The van der Waals surface area contributed by atoms with Crippen LogP contribution in [0.15, 0.2) is 12.5 Å². The number of carbonyl (C=O) groups excluding carboxylic acids is 1. The number of aromatic nitrogens is 2. The number of hydrogen-bond acceptors (Lipinski definition) is 2. The Bertz CT molecular complexity index is 337. The summed E-state index contributed by atoms with van der Waals surface area (Å²) in [6.07, 6.45) is 8.07. The number of imidazole rings is 1. The molecule has 1 aliphatic heterocycles. The van der Waals surface area contributed by atoms with E-state index in [4.69, 9.17) is 0 Å². The second kappa shape index (κ2) is 4.47. The van der Waals surface area contributed by atoms with Crippen LogP contribution in [0.25, 0.3) is 0 Å². The van der Waals surface area contributed by atoms with Gasteiger partial charge in [-0.25, -0.2) is 4.98 Å². The smallest absolute Gasteiger partial charge is 0.272 e. The molecule has 0 spiro atoms. The maximum Gasteiger partial charge on any atom is 0.272 e. The lowest BCUT2D eigenvalue weighted by Gasteiger charge is -2.19. The van der Waals surface area contributed by atoms with E-state index in [-0.39, 0.29) is 5.91 Å². The summed E-state index contributed by atoms with van der Waals surface area (Å²) in [6, 6.07) is 0. The summed E-state index contributed by atoms with van der Waals surface area (Å²) < 4.78 is 1.78. The van der Waals surface area contributed by atoms with Crippen LogP contribution >= 0.6 is 0 Å². The van der Waals surface area contributed by atoms with Crippen LogP contribution < -0.4 is 0 Å². The third kappa shape index (κ3) is 2.19. The molecular weight excluding hydrogens is 190 g/mol. The van der Waals surface area contributed by atoms with Gasteiger partial charge in [-0.1, -0.05) is 12.8 Å². The van der Waals surface area contributed by atoms with Crippen molar-refractivity contribution in [2.45, 2.75) is 25.7 Å². The van der Waals surface area contributed by atoms with E-state index in [9.17, 15) is 4.79 Å². The summed E-state index contributed by atoms with van der Waals surface area (Å²) in [5.41, 5.74) is 0.692. The van der Waals surface area contributed by atoms with Crippen molar-refractivity contribution in [3.05, 3.63) is 18.2 Å². The second-order valence-electron chi connectivity index (χ2n) is 4.10. The summed E-state index contributed by atoms with van der Waals surface area (Å²) in [7, 11) is 1.86. The van der Waals surface area contributed by atoms with Crippen molar-refractivity contribution in [2.24, 2.45) is 7.05 Å². The first-order valence-corrected chi connectivity index (χ1v) is 5.54. The van der Waals surface area contributed by atoms with E-state index >= 15 is 0 Å². The van der Waals surface area contributed by atoms with Crippen LogP contribution in [0.4, 0.5) is 0 Å². The Morgan fingerprint density at radius 1 is 1.27 bits per heavy atom. The number of amides is 1. The van der Waals surface area contributed by atoms with Gasteiger partial charge in [0.2, 0.25) is 0 Å². The summed E-state index contributed by atoms with van der Waals surface area (Å²) >= 11 is 0. The molecule has 2 heterocycles. The predicted octanol–water partition coefficient (Wildman–Crippen LogP) is 1.44. The number of nitrogens with zero attached hydrogens (tertiary/aromatic N) is 3. The Morgan fingerprint density at radius 2 is 1.93 bits per heavy atom. The summed E-state index contributed by atoms with van der Waals surface area (Å²) in [5, 5.41) is 0. The molecule has 2 rings (SSSR count). The van der Waals surface area contributed by atoms with Gasteiger partial charge in [0.1, 0.15) is 5.69 Å². The first-order chi connectivity index (χ1) is 7.29. The highest BCUT2D eigenvalue weighted by Gasteiger charge is 2.19.